The van der Waals surface area contributed by atoms with E-state index in [9.17, 15) is 16.8 Å². The van der Waals surface area contributed by atoms with Gasteiger partial charge in [0.15, 0.2) is 9.84 Å². The molecule has 1 saturated heterocycles. The van der Waals surface area contributed by atoms with Crippen molar-refractivity contribution in [1.82, 2.24) is 13.9 Å². The molecule has 7 nitrogen and oxygen atoms in total. The third kappa shape index (κ3) is 5.28. The first-order valence-electron chi connectivity index (χ1n) is 6.80. The SMILES string of the molecule is CC(C)NCCCN(C)S(=O)(=O)N1CCS(=O)(=O)CC1. The molecule has 1 rings (SSSR count). The first-order valence-corrected chi connectivity index (χ1v) is 10.0. The lowest BCUT2D eigenvalue weighted by atomic mass is 10.3. The van der Waals surface area contributed by atoms with Crippen molar-refractivity contribution in [2.24, 2.45) is 0 Å². The van der Waals surface area contributed by atoms with Gasteiger partial charge in [0.1, 0.15) is 0 Å². The van der Waals surface area contributed by atoms with Crippen molar-refractivity contribution in [2.45, 2.75) is 26.3 Å². The van der Waals surface area contributed by atoms with Crippen LogP contribution in [0.5, 0.6) is 0 Å². The molecule has 120 valence electrons. The molecule has 0 unspecified atom stereocenters. The molecule has 0 saturated carbocycles. The lowest BCUT2D eigenvalue weighted by molar-refractivity contribution is 0.366. The van der Waals surface area contributed by atoms with Crippen LogP contribution in [0.2, 0.25) is 0 Å². The number of nitrogens with one attached hydrogen (secondary N) is 1. The van der Waals surface area contributed by atoms with Gasteiger partial charge in [-0.25, -0.2) is 8.42 Å². The van der Waals surface area contributed by atoms with Crippen LogP contribution in [0.1, 0.15) is 20.3 Å². The van der Waals surface area contributed by atoms with E-state index in [2.05, 4.69) is 5.32 Å². The predicted octanol–water partition coefficient (Wildman–Crippen LogP) is -0.718. The minimum atomic E-state index is -3.54. The Bertz CT molecular complexity index is 488. The van der Waals surface area contributed by atoms with Crippen LogP contribution in [0.25, 0.3) is 0 Å². The Hall–Kier alpha value is -0.220. The fourth-order valence-corrected chi connectivity index (χ4v) is 4.76. The maximum atomic E-state index is 12.3. The van der Waals surface area contributed by atoms with E-state index in [0.717, 1.165) is 13.0 Å². The van der Waals surface area contributed by atoms with Gasteiger partial charge in [0.2, 0.25) is 0 Å². The van der Waals surface area contributed by atoms with Gasteiger partial charge in [-0.15, -0.1) is 0 Å². The Balaban J connectivity index is 2.47. The average Bonchev–Trinajstić information content (AvgIpc) is 2.33. The fraction of sp³-hybridized carbons (Fsp3) is 1.00. The van der Waals surface area contributed by atoms with Gasteiger partial charge >= 0.3 is 0 Å². The van der Waals surface area contributed by atoms with Crippen molar-refractivity contribution in [3.05, 3.63) is 0 Å². The Morgan fingerprint density at radius 1 is 1.25 bits per heavy atom. The molecule has 1 aliphatic heterocycles. The topological polar surface area (TPSA) is 86.8 Å². The monoisotopic (exact) mass is 327 g/mol. The predicted molar refractivity (Wildman–Crippen MR) is 79.5 cm³/mol. The third-order valence-corrected chi connectivity index (χ3v) is 6.82. The summed E-state index contributed by atoms with van der Waals surface area (Å²) in [5, 5.41) is 3.23. The number of sulfone groups is 1. The van der Waals surface area contributed by atoms with E-state index in [1.165, 1.54) is 15.7 Å². The lowest BCUT2D eigenvalue weighted by Crippen LogP contribution is -2.49. The van der Waals surface area contributed by atoms with Gasteiger partial charge in [-0.3, -0.25) is 0 Å². The zero-order valence-corrected chi connectivity index (χ0v) is 14.0. The Morgan fingerprint density at radius 2 is 1.80 bits per heavy atom. The van der Waals surface area contributed by atoms with Gasteiger partial charge in [-0.2, -0.15) is 17.0 Å². The molecule has 1 aliphatic rings. The highest BCUT2D eigenvalue weighted by Gasteiger charge is 2.32. The number of hydrogen-bond donors (Lipinski definition) is 1. The van der Waals surface area contributed by atoms with Crippen LogP contribution in [0, 0.1) is 0 Å². The van der Waals surface area contributed by atoms with Crippen LogP contribution in [0.15, 0.2) is 0 Å². The van der Waals surface area contributed by atoms with E-state index >= 15 is 0 Å². The van der Waals surface area contributed by atoms with Crippen LogP contribution in [0.4, 0.5) is 0 Å². The van der Waals surface area contributed by atoms with Crippen molar-refractivity contribution in [3.8, 4) is 0 Å². The molecule has 9 heteroatoms. The molecule has 20 heavy (non-hydrogen) atoms. The van der Waals surface area contributed by atoms with Crippen LogP contribution in [0.3, 0.4) is 0 Å². The minimum absolute atomic E-state index is 0.0548. The van der Waals surface area contributed by atoms with Gasteiger partial charge < -0.3 is 5.32 Å². The summed E-state index contributed by atoms with van der Waals surface area (Å²) in [5.41, 5.74) is 0. The molecule has 0 aromatic carbocycles. The molecule has 1 N–H and O–H groups in total. The molecule has 0 amide bonds. The summed E-state index contributed by atoms with van der Waals surface area (Å²) in [6.45, 7) is 5.36. The molecular formula is C11H25N3O4S2. The summed E-state index contributed by atoms with van der Waals surface area (Å²) in [7, 11) is -5.07. The molecule has 0 radical (unpaired) electrons. The van der Waals surface area contributed by atoms with E-state index in [0.29, 0.717) is 12.6 Å². The summed E-state index contributed by atoms with van der Waals surface area (Å²) in [6.07, 6.45) is 0.722. The molecule has 0 aromatic rings. The van der Waals surface area contributed by atoms with Crippen molar-refractivity contribution in [2.75, 3.05) is 44.7 Å². The Morgan fingerprint density at radius 3 is 2.30 bits per heavy atom. The highest BCUT2D eigenvalue weighted by Crippen LogP contribution is 2.12. The summed E-state index contributed by atoms with van der Waals surface area (Å²) in [4.78, 5) is 0. The summed E-state index contributed by atoms with van der Waals surface area (Å²) >= 11 is 0. The van der Waals surface area contributed by atoms with Gasteiger partial charge in [0, 0.05) is 32.7 Å². The van der Waals surface area contributed by atoms with E-state index in [4.69, 9.17) is 0 Å². The molecular weight excluding hydrogens is 302 g/mol. The normalized spacial score (nSPS) is 20.6. The second-order valence-corrected chi connectivity index (χ2v) is 9.68. The lowest BCUT2D eigenvalue weighted by Gasteiger charge is -2.30. The van der Waals surface area contributed by atoms with Crippen LogP contribution < -0.4 is 5.32 Å². The first kappa shape index (κ1) is 17.8. The largest absolute Gasteiger partial charge is 0.314 e. The van der Waals surface area contributed by atoms with Crippen molar-refractivity contribution < 1.29 is 16.8 Å². The first-order chi connectivity index (χ1) is 9.15. The molecule has 1 heterocycles. The summed E-state index contributed by atoms with van der Waals surface area (Å²) in [5.74, 6) is -0.177. The standard InChI is InChI=1S/C11H25N3O4S2/c1-11(2)12-5-4-6-13(3)20(17,18)14-7-9-19(15,16)10-8-14/h11-12H,4-10H2,1-3H3. The van der Waals surface area contributed by atoms with Crippen LogP contribution in [-0.2, 0) is 20.0 Å². The fourth-order valence-electron chi connectivity index (χ4n) is 1.93. The van der Waals surface area contributed by atoms with Gasteiger partial charge in [-0.05, 0) is 13.0 Å². The van der Waals surface area contributed by atoms with E-state index in [1.54, 1.807) is 0 Å². The third-order valence-electron chi connectivity index (χ3n) is 3.23. The Kier molecular flexibility index (Phi) is 6.39. The second kappa shape index (κ2) is 7.17. The van der Waals surface area contributed by atoms with E-state index in [-0.39, 0.29) is 24.6 Å². The average molecular weight is 327 g/mol. The molecule has 0 atom stereocenters. The summed E-state index contributed by atoms with van der Waals surface area (Å²) < 4.78 is 49.7. The van der Waals surface area contributed by atoms with Crippen LogP contribution >= 0.6 is 0 Å². The number of rotatable bonds is 7. The van der Waals surface area contributed by atoms with Crippen molar-refractivity contribution in [3.63, 3.8) is 0 Å². The quantitative estimate of drug-likeness (QED) is 0.624. The zero-order chi connectivity index (χ0) is 15.4. The highest BCUT2D eigenvalue weighted by atomic mass is 32.2. The van der Waals surface area contributed by atoms with Gasteiger partial charge in [0.25, 0.3) is 10.2 Å². The molecule has 0 aromatic heterocycles. The van der Waals surface area contributed by atoms with Gasteiger partial charge in [-0.1, -0.05) is 13.8 Å². The zero-order valence-electron chi connectivity index (χ0n) is 12.4. The molecule has 0 aliphatic carbocycles. The maximum Gasteiger partial charge on any atom is 0.281 e. The smallest absolute Gasteiger partial charge is 0.281 e. The Labute approximate surface area is 122 Å². The number of hydrogen-bond acceptors (Lipinski definition) is 5. The summed E-state index contributed by atoms with van der Waals surface area (Å²) in [6, 6.07) is 0.379. The van der Waals surface area contributed by atoms with E-state index in [1.807, 2.05) is 13.8 Å². The second-order valence-electron chi connectivity index (χ2n) is 5.34. The molecule has 0 spiro atoms. The van der Waals surface area contributed by atoms with Gasteiger partial charge in [0.05, 0.1) is 11.5 Å². The highest BCUT2D eigenvalue weighted by molar-refractivity contribution is 7.91. The van der Waals surface area contributed by atoms with Crippen molar-refractivity contribution >= 4 is 20.0 Å². The van der Waals surface area contributed by atoms with Crippen molar-refractivity contribution in [1.29, 1.82) is 0 Å². The minimum Gasteiger partial charge on any atom is -0.314 e. The molecule has 1 fully saturated rings. The van der Waals surface area contributed by atoms with Crippen LogP contribution in [-0.4, -0.2) is 76.2 Å². The van der Waals surface area contributed by atoms with E-state index < -0.39 is 20.0 Å². The molecule has 0 bridgehead atoms. The maximum absolute atomic E-state index is 12.3. The number of nitrogens with zero attached hydrogens (tertiary/aromatic N) is 2.